The molecule has 0 saturated heterocycles. The monoisotopic (exact) mass is 668 g/mol. The third-order valence-electron chi connectivity index (χ3n) is 6.62. The number of rotatable bonds is 11. The Balaban J connectivity index is 0.00000616. The Morgan fingerprint density at radius 2 is 1.79 bits per heavy atom. The van der Waals surface area contributed by atoms with Gasteiger partial charge in [0.15, 0.2) is 12.4 Å². The largest absolute Gasteiger partial charge is 0.493 e. The van der Waals surface area contributed by atoms with Gasteiger partial charge in [0.05, 0.1) is 30.7 Å². The predicted molar refractivity (Wildman–Crippen MR) is 164 cm³/mol. The van der Waals surface area contributed by atoms with Gasteiger partial charge in [0.25, 0.3) is 5.91 Å². The number of halogens is 1. The number of Topliss-reactive ketones (excluding diaryl/α,β-unsaturated/α-hetero) is 1. The topological polar surface area (TPSA) is 166 Å². The second-order valence-electron chi connectivity index (χ2n) is 10.7. The molecule has 0 bridgehead atoms. The molecular formula is C28H37BrN4O8S. The summed E-state index contributed by atoms with van der Waals surface area (Å²) in [7, 11) is -1.01. The molecule has 1 amide bonds. The Morgan fingerprint density at radius 1 is 1.14 bits per heavy atom. The van der Waals surface area contributed by atoms with Gasteiger partial charge in [-0.25, -0.2) is 13.2 Å². The predicted octanol–water partition coefficient (Wildman–Crippen LogP) is 3.20. The Hall–Kier alpha value is -3.65. The molecule has 1 heterocycles. The molecule has 3 N–H and O–H groups in total. The molecule has 14 heteroatoms. The summed E-state index contributed by atoms with van der Waals surface area (Å²) in [4.78, 5) is 38.9. The van der Waals surface area contributed by atoms with Crippen LogP contribution in [0.4, 0.5) is 5.69 Å². The van der Waals surface area contributed by atoms with Gasteiger partial charge in [-0.2, -0.15) is 0 Å². The smallest absolute Gasteiger partial charge is 0.341 e. The van der Waals surface area contributed by atoms with Gasteiger partial charge in [-0.05, 0) is 42.2 Å². The van der Waals surface area contributed by atoms with Gasteiger partial charge < -0.3 is 24.8 Å². The number of fused-ring (bicyclic) bond motifs is 1. The van der Waals surface area contributed by atoms with Gasteiger partial charge in [-0.1, -0.05) is 20.8 Å². The van der Waals surface area contributed by atoms with E-state index in [4.69, 9.17) is 14.9 Å². The van der Waals surface area contributed by atoms with E-state index in [0.29, 0.717) is 23.5 Å². The maximum absolute atomic E-state index is 13.6. The summed E-state index contributed by atoms with van der Waals surface area (Å²) in [6.45, 7) is 6.97. The molecule has 0 radical (unpaired) electrons. The van der Waals surface area contributed by atoms with Crippen molar-refractivity contribution in [3.05, 3.63) is 52.1 Å². The Labute approximate surface area is 256 Å². The lowest BCUT2D eigenvalue weighted by Crippen LogP contribution is -2.31. The number of benzene rings is 2. The molecule has 12 nitrogen and oxygen atoms in total. The van der Waals surface area contributed by atoms with Gasteiger partial charge in [0.2, 0.25) is 10.0 Å². The maximum Gasteiger partial charge on any atom is 0.341 e. The van der Waals surface area contributed by atoms with E-state index < -0.39 is 33.8 Å². The molecule has 0 fully saturated rings. The molecule has 0 saturated carbocycles. The molecule has 230 valence electrons. The number of carboxylic acids is 1. The number of carbonyl (C=O) groups is 3. The van der Waals surface area contributed by atoms with E-state index >= 15 is 0 Å². The number of nitrogens with zero attached hydrogens (tertiary/aromatic N) is 2. The van der Waals surface area contributed by atoms with Crippen LogP contribution in [0.1, 0.15) is 65.1 Å². The van der Waals surface area contributed by atoms with Crippen molar-refractivity contribution >= 4 is 56.2 Å². The third kappa shape index (κ3) is 7.40. The van der Waals surface area contributed by atoms with Crippen molar-refractivity contribution in [2.24, 2.45) is 0 Å². The molecule has 0 atom stereocenters. The first-order valence-corrected chi connectivity index (χ1v) is 14.7. The number of amidine groups is 1. The zero-order valence-electron chi connectivity index (χ0n) is 24.7. The van der Waals surface area contributed by atoms with Crippen molar-refractivity contribution in [3.8, 4) is 11.5 Å². The van der Waals surface area contributed by atoms with Crippen LogP contribution in [0.5, 0.6) is 11.5 Å². The highest BCUT2D eigenvalue weighted by Gasteiger charge is 2.32. The molecule has 0 aromatic heterocycles. The second kappa shape index (κ2) is 13.1. The summed E-state index contributed by atoms with van der Waals surface area (Å²) in [6, 6.07) is 6.22. The van der Waals surface area contributed by atoms with Crippen LogP contribution in [0, 0.1) is 5.41 Å². The Bertz CT molecular complexity index is 1520. The lowest BCUT2D eigenvalue weighted by molar-refractivity contribution is -0.139. The molecule has 1 aliphatic rings. The van der Waals surface area contributed by atoms with Crippen molar-refractivity contribution in [1.29, 1.82) is 5.41 Å². The number of nitrogens with one attached hydrogen (secondary N) is 2. The zero-order valence-corrected chi connectivity index (χ0v) is 27.2. The summed E-state index contributed by atoms with van der Waals surface area (Å²) in [5, 5.41) is 20.5. The minimum absolute atomic E-state index is 0. The third-order valence-corrected chi connectivity index (χ3v) is 7.81. The van der Waals surface area contributed by atoms with Gasteiger partial charge in [0.1, 0.15) is 17.3 Å². The van der Waals surface area contributed by atoms with Crippen LogP contribution in [0.25, 0.3) is 0 Å². The number of hydrogen-bond donors (Lipinski definition) is 3. The highest BCUT2D eigenvalue weighted by molar-refractivity contribution is 8.93. The Morgan fingerprint density at radius 3 is 2.31 bits per heavy atom. The average Bonchev–Trinajstić information content (AvgIpc) is 3.18. The van der Waals surface area contributed by atoms with Gasteiger partial charge in [-0.15, -0.1) is 17.0 Å². The number of amides is 1. The quantitative estimate of drug-likeness (QED) is 0.305. The molecule has 2 aromatic rings. The Kier molecular flexibility index (Phi) is 10.8. The molecular weight excluding hydrogens is 632 g/mol. The summed E-state index contributed by atoms with van der Waals surface area (Å²) >= 11 is 0. The van der Waals surface area contributed by atoms with Crippen LogP contribution in [-0.2, 0) is 26.8 Å². The average molecular weight is 670 g/mol. The maximum atomic E-state index is 13.6. The van der Waals surface area contributed by atoms with E-state index in [2.05, 4.69) is 5.32 Å². The number of hydrogen-bond acceptors (Lipinski definition) is 8. The fourth-order valence-corrected chi connectivity index (χ4v) is 4.94. The lowest BCUT2D eigenvalue weighted by Gasteiger charge is -2.28. The number of ketones is 1. The van der Waals surface area contributed by atoms with E-state index in [1.165, 1.54) is 20.2 Å². The number of anilines is 1. The normalized spacial score (nSPS) is 12.7. The number of carboxylic acid groups (broad SMARTS) is 1. The number of sulfonamides is 1. The van der Waals surface area contributed by atoms with Crippen LogP contribution in [0.15, 0.2) is 24.3 Å². The second-order valence-corrected chi connectivity index (χ2v) is 12.7. The zero-order chi connectivity index (χ0) is 30.9. The van der Waals surface area contributed by atoms with E-state index in [0.717, 1.165) is 16.1 Å². The minimum atomic E-state index is -3.81. The van der Waals surface area contributed by atoms with Crippen molar-refractivity contribution in [2.75, 3.05) is 44.4 Å². The number of aliphatic carboxylic acids is 1. The molecule has 0 aliphatic carbocycles. The van der Waals surface area contributed by atoms with E-state index in [1.807, 2.05) is 20.8 Å². The summed E-state index contributed by atoms with van der Waals surface area (Å²) in [5.74, 6) is -1.49. The molecule has 3 rings (SSSR count). The van der Waals surface area contributed by atoms with Gasteiger partial charge in [0, 0.05) is 37.3 Å². The van der Waals surface area contributed by atoms with Crippen molar-refractivity contribution in [2.45, 2.75) is 39.7 Å². The highest BCUT2D eigenvalue weighted by atomic mass is 79.9. The van der Waals surface area contributed by atoms with Gasteiger partial charge in [-0.3, -0.25) is 19.3 Å². The van der Waals surface area contributed by atoms with E-state index in [-0.39, 0.29) is 64.4 Å². The first kappa shape index (κ1) is 34.6. The summed E-state index contributed by atoms with van der Waals surface area (Å²) < 4.78 is 37.1. The summed E-state index contributed by atoms with van der Waals surface area (Å²) in [6.07, 6.45) is 0.992. The molecule has 0 unspecified atom stereocenters. The van der Waals surface area contributed by atoms with Gasteiger partial charge >= 0.3 is 5.97 Å². The standard InChI is InChI=1S/C28H36N4O8S.BrH/c1-8-39-23-11-17-13-32(26(29)18(17)12-19(23)27(36)30-5)14-22(33)16-9-20(28(2,3)4)25(40-15-24(34)35)21(10-16)31(6)41(7,37)38;/h9-12,29H,8,13-15H2,1-7H3,(H,30,36)(H,34,35);1H. The van der Waals surface area contributed by atoms with Crippen LogP contribution in [0.2, 0.25) is 0 Å². The van der Waals surface area contributed by atoms with Crippen molar-refractivity contribution < 1.29 is 37.4 Å². The number of ether oxygens (including phenoxy) is 2. The highest BCUT2D eigenvalue weighted by Crippen LogP contribution is 2.41. The first-order chi connectivity index (χ1) is 19.0. The van der Waals surface area contributed by atoms with Crippen LogP contribution < -0.4 is 19.1 Å². The number of carbonyl (C=O) groups excluding carboxylic acids is 2. The van der Waals surface area contributed by atoms with Crippen molar-refractivity contribution in [1.82, 2.24) is 10.2 Å². The van der Waals surface area contributed by atoms with Crippen molar-refractivity contribution in [3.63, 3.8) is 0 Å². The summed E-state index contributed by atoms with van der Waals surface area (Å²) in [5.41, 5.74) is 1.51. The fourth-order valence-electron chi connectivity index (χ4n) is 4.44. The molecule has 2 aromatic carbocycles. The van der Waals surface area contributed by atoms with E-state index in [1.54, 1.807) is 30.0 Å². The van der Waals surface area contributed by atoms with Crippen LogP contribution in [0.3, 0.4) is 0 Å². The minimum Gasteiger partial charge on any atom is -0.493 e. The SMILES string of the molecule is Br.CCOc1cc2c(cc1C(=O)NC)C(=N)N(CC(=O)c1cc(N(C)S(C)(=O)=O)c(OCC(=O)O)c(C(C)(C)C)c1)C2. The first-order valence-electron chi connectivity index (χ1n) is 12.8. The molecule has 0 spiro atoms. The van der Waals surface area contributed by atoms with Crippen LogP contribution >= 0.6 is 17.0 Å². The fraction of sp³-hybridized carbons (Fsp3) is 0.429. The molecule has 42 heavy (non-hydrogen) atoms. The van der Waals surface area contributed by atoms with E-state index in [9.17, 15) is 27.9 Å². The molecule has 1 aliphatic heterocycles. The lowest BCUT2D eigenvalue weighted by atomic mass is 9.84. The van der Waals surface area contributed by atoms with Crippen LogP contribution in [-0.4, -0.2) is 82.0 Å².